The molecule has 0 spiro atoms. The molecule has 0 aliphatic carbocycles. The minimum absolute atomic E-state index is 0.0161. The number of nitrogens with zero attached hydrogens (tertiary/aromatic N) is 3. The lowest BCUT2D eigenvalue weighted by Gasteiger charge is -2.17. The fraction of sp³-hybridized carbons (Fsp3) is 0.400. The van der Waals surface area contributed by atoms with Crippen LogP contribution in [0.25, 0.3) is 0 Å². The quantitative estimate of drug-likeness (QED) is 0.906. The van der Waals surface area contributed by atoms with E-state index in [2.05, 4.69) is 15.4 Å². The molecular formula is C15H17F3N4O2. The van der Waals surface area contributed by atoms with E-state index in [9.17, 15) is 18.0 Å². The minimum atomic E-state index is -4.64. The first-order valence-corrected chi connectivity index (χ1v) is 7.13. The van der Waals surface area contributed by atoms with Gasteiger partial charge in [-0.2, -0.15) is 13.2 Å². The second-order valence-electron chi connectivity index (χ2n) is 5.17. The fourth-order valence-electron chi connectivity index (χ4n) is 2.21. The van der Waals surface area contributed by atoms with Gasteiger partial charge in [-0.1, -0.05) is 18.2 Å². The van der Waals surface area contributed by atoms with Crippen molar-refractivity contribution in [2.24, 2.45) is 0 Å². The fourth-order valence-corrected chi connectivity index (χ4v) is 2.21. The van der Waals surface area contributed by atoms with Crippen LogP contribution in [0.15, 0.2) is 24.3 Å². The lowest BCUT2D eigenvalue weighted by Crippen LogP contribution is -2.31. The van der Waals surface area contributed by atoms with Crippen molar-refractivity contribution in [2.75, 3.05) is 7.11 Å². The second kappa shape index (κ2) is 6.90. The van der Waals surface area contributed by atoms with Gasteiger partial charge in [0.1, 0.15) is 18.1 Å². The molecular weight excluding hydrogens is 325 g/mol. The van der Waals surface area contributed by atoms with Crippen LogP contribution in [0.4, 0.5) is 13.2 Å². The van der Waals surface area contributed by atoms with Crippen LogP contribution in [0.3, 0.4) is 0 Å². The monoisotopic (exact) mass is 342 g/mol. The van der Waals surface area contributed by atoms with Gasteiger partial charge in [0.15, 0.2) is 0 Å². The van der Waals surface area contributed by atoms with Crippen LogP contribution in [0.2, 0.25) is 0 Å². The lowest BCUT2D eigenvalue weighted by atomic mass is 10.1. The Morgan fingerprint density at radius 1 is 1.38 bits per heavy atom. The van der Waals surface area contributed by atoms with Crippen molar-refractivity contribution in [2.45, 2.75) is 32.6 Å². The molecule has 2 rings (SSSR count). The summed E-state index contributed by atoms with van der Waals surface area (Å²) in [4.78, 5) is 15.4. The van der Waals surface area contributed by atoms with Gasteiger partial charge in [-0.25, -0.2) is 9.67 Å². The van der Waals surface area contributed by atoms with Gasteiger partial charge in [-0.05, 0) is 19.9 Å². The molecule has 2 aromatic rings. The average Bonchev–Trinajstić information content (AvgIpc) is 2.88. The molecule has 130 valence electrons. The van der Waals surface area contributed by atoms with Gasteiger partial charge in [0.25, 0.3) is 5.82 Å². The Kier molecular flexibility index (Phi) is 5.10. The Labute approximate surface area is 136 Å². The van der Waals surface area contributed by atoms with Gasteiger partial charge in [0.05, 0.1) is 13.2 Å². The predicted molar refractivity (Wildman–Crippen MR) is 79.3 cm³/mol. The van der Waals surface area contributed by atoms with Gasteiger partial charge >= 0.3 is 6.18 Å². The number of para-hydroxylation sites is 1. The number of alkyl halides is 3. The topological polar surface area (TPSA) is 69.0 Å². The zero-order chi connectivity index (χ0) is 17.9. The summed E-state index contributed by atoms with van der Waals surface area (Å²) in [5, 5.41) is 6.04. The van der Waals surface area contributed by atoms with Gasteiger partial charge < -0.3 is 10.1 Å². The number of halogens is 3. The number of nitrogens with one attached hydrogen (secondary N) is 1. The third-order valence-electron chi connectivity index (χ3n) is 3.39. The van der Waals surface area contributed by atoms with Crippen LogP contribution < -0.4 is 10.1 Å². The first-order chi connectivity index (χ1) is 11.2. The highest BCUT2D eigenvalue weighted by atomic mass is 19.4. The number of hydrogen-bond acceptors (Lipinski definition) is 4. The maximum Gasteiger partial charge on any atom is 0.453 e. The van der Waals surface area contributed by atoms with E-state index in [0.29, 0.717) is 5.75 Å². The van der Waals surface area contributed by atoms with Gasteiger partial charge in [-0.3, -0.25) is 4.79 Å². The number of ether oxygens (including phenoxy) is 1. The van der Waals surface area contributed by atoms with Crippen molar-refractivity contribution in [1.29, 1.82) is 0 Å². The summed E-state index contributed by atoms with van der Waals surface area (Å²) >= 11 is 0. The Morgan fingerprint density at radius 2 is 2.04 bits per heavy atom. The highest BCUT2D eigenvalue weighted by molar-refractivity contribution is 5.76. The summed E-state index contributed by atoms with van der Waals surface area (Å²) < 4.78 is 43.9. The van der Waals surface area contributed by atoms with Crippen molar-refractivity contribution in [3.05, 3.63) is 41.5 Å². The van der Waals surface area contributed by atoms with Crippen molar-refractivity contribution in [3.63, 3.8) is 0 Å². The molecule has 0 fully saturated rings. The van der Waals surface area contributed by atoms with E-state index in [1.807, 2.05) is 0 Å². The molecule has 1 N–H and O–H groups in total. The normalized spacial score (nSPS) is 12.8. The minimum Gasteiger partial charge on any atom is -0.496 e. The molecule has 1 atom stereocenters. The maximum atomic E-state index is 12.6. The van der Waals surface area contributed by atoms with E-state index >= 15 is 0 Å². The van der Waals surface area contributed by atoms with Crippen LogP contribution in [0, 0.1) is 6.92 Å². The largest absolute Gasteiger partial charge is 0.496 e. The average molecular weight is 342 g/mol. The molecule has 1 aromatic carbocycles. The van der Waals surface area contributed by atoms with Gasteiger partial charge in [0, 0.05) is 5.56 Å². The van der Waals surface area contributed by atoms with E-state index < -0.39 is 17.9 Å². The summed E-state index contributed by atoms with van der Waals surface area (Å²) in [6, 6.07) is 6.78. The van der Waals surface area contributed by atoms with Crippen molar-refractivity contribution >= 4 is 5.91 Å². The molecule has 0 aliphatic heterocycles. The van der Waals surface area contributed by atoms with Crippen LogP contribution >= 0.6 is 0 Å². The Hall–Kier alpha value is -2.58. The van der Waals surface area contributed by atoms with Crippen molar-refractivity contribution in [1.82, 2.24) is 20.1 Å². The lowest BCUT2D eigenvalue weighted by molar-refractivity contribution is -0.145. The van der Waals surface area contributed by atoms with E-state index in [1.165, 1.54) is 14.0 Å². The second-order valence-corrected chi connectivity index (χ2v) is 5.17. The van der Waals surface area contributed by atoms with Crippen LogP contribution in [0.1, 0.15) is 30.2 Å². The van der Waals surface area contributed by atoms with Gasteiger partial charge in [-0.15, -0.1) is 5.10 Å². The first kappa shape index (κ1) is 17.8. The van der Waals surface area contributed by atoms with Gasteiger partial charge in [0.2, 0.25) is 5.91 Å². The number of carbonyl (C=O) groups excluding carboxylic acids is 1. The molecule has 1 amide bonds. The van der Waals surface area contributed by atoms with Crippen molar-refractivity contribution in [3.8, 4) is 5.75 Å². The number of aryl methyl sites for hydroxylation is 1. The van der Waals surface area contributed by atoms with E-state index in [1.54, 1.807) is 31.2 Å². The third-order valence-corrected chi connectivity index (χ3v) is 3.39. The predicted octanol–water partition coefficient (Wildman–Crippen LogP) is 2.49. The molecule has 0 saturated carbocycles. The third kappa shape index (κ3) is 4.03. The summed E-state index contributed by atoms with van der Waals surface area (Å²) in [6.45, 7) is 2.76. The molecule has 0 saturated heterocycles. The molecule has 24 heavy (non-hydrogen) atoms. The van der Waals surface area contributed by atoms with Crippen LogP contribution in [-0.4, -0.2) is 27.8 Å². The van der Waals surface area contributed by atoms with E-state index in [4.69, 9.17) is 4.74 Å². The Morgan fingerprint density at radius 3 is 2.62 bits per heavy atom. The molecule has 0 aliphatic rings. The molecule has 9 heteroatoms. The van der Waals surface area contributed by atoms with E-state index in [0.717, 1.165) is 10.2 Å². The SMILES string of the molecule is COc1ccccc1C(C)NC(=O)Cn1nc(C(F)(F)F)nc1C. The molecule has 0 radical (unpaired) electrons. The highest BCUT2D eigenvalue weighted by Gasteiger charge is 2.36. The number of carbonyl (C=O) groups is 1. The number of aromatic nitrogens is 3. The number of hydrogen-bond donors (Lipinski definition) is 1. The summed E-state index contributed by atoms with van der Waals surface area (Å²) in [6.07, 6.45) is -4.64. The molecule has 0 bridgehead atoms. The standard InChI is InChI=1S/C15H17F3N4O2/c1-9(11-6-4-5-7-12(11)24-3)19-13(23)8-22-10(2)20-14(21-22)15(16,17)18/h4-7,9H,8H2,1-3H3,(H,19,23). The molecule has 1 unspecified atom stereocenters. The van der Waals surface area contributed by atoms with Crippen LogP contribution in [-0.2, 0) is 17.5 Å². The van der Waals surface area contributed by atoms with Crippen LogP contribution in [0.5, 0.6) is 5.75 Å². The number of amides is 1. The Bertz CT molecular complexity index is 728. The molecule has 1 aromatic heterocycles. The Balaban J connectivity index is 2.07. The zero-order valence-corrected chi connectivity index (χ0v) is 13.4. The first-order valence-electron chi connectivity index (χ1n) is 7.13. The number of benzene rings is 1. The van der Waals surface area contributed by atoms with E-state index in [-0.39, 0.29) is 18.4 Å². The number of methoxy groups -OCH3 is 1. The molecule has 6 nitrogen and oxygen atoms in total. The highest BCUT2D eigenvalue weighted by Crippen LogP contribution is 2.26. The summed E-state index contributed by atoms with van der Waals surface area (Å²) in [7, 11) is 1.52. The summed E-state index contributed by atoms with van der Waals surface area (Å²) in [5.41, 5.74) is 0.764. The zero-order valence-electron chi connectivity index (χ0n) is 13.4. The maximum absolute atomic E-state index is 12.6. The summed E-state index contributed by atoms with van der Waals surface area (Å²) in [5.74, 6) is -1.11. The number of rotatable bonds is 5. The smallest absolute Gasteiger partial charge is 0.453 e. The molecule has 1 heterocycles. The van der Waals surface area contributed by atoms with Crippen molar-refractivity contribution < 1.29 is 22.7 Å².